The van der Waals surface area contributed by atoms with Crippen molar-refractivity contribution >= 4 is 12.3 Å². The predicted octanol–water partition coefficient (Wildman–Crippen LogP) is 0.0411. The third kappa shape index (κ3) is 2.67. The SMILES string of the molecule is NCC(=O)N([C]=O)Cc1ccccc1. The standard InChI is InChI=1S/C10H11N2O2/c11-6-10(14)12(8-13)7-9-4-2-1-3-5-9/h1-5H,6-7,11H2. The zero-order chi connectivity index (χ0) is 10.4. The van der Waals surface area contributed by atoms with Gasteiger partial charge in [0.05, 0.1) is 13.1 Å². The Hall–Kier alpha value is -1.68. The molecule has 1 rings (SSSR count). The minimum Gasteiger partial charge on any atom is -0.322 e. The first-order chi connectivity index (χ1) is 6.77. The van der Waals surface area contributed by atoms with Crippen molar-refractivity contribution in [3.8, 4) is 0 Å². The highest BCUT2D eigenvalue weighted by Crippen LogP contribution is 2.02. The van der Waals surface area contributed by atoms with Crippen molar-refractivity contribution in [3.63, 3.8) is 0 Å². The molecule has 1 aromatic rings. The van der Waals surface area contributed by atoms with Gasteiger partial charge < -0.3 is 5.73 Å². The van der Waals surface area contributed by atoms with Gasteiger partial charge in [0.15, 0.2) is 0 Å². The van der Waals surface area contributed by atoms with E-state index in [1.165, 1.54) is 0 Å². The molecule has 0 saturated carbocycles. The number of benzene rings is 1. The average molecular weight is 191 g/mol. The first-order valence-corrected chi connectivity index (χ1v) is 4.20. The highest BCUT2D eigenvalue weighted by molar-refractivity contribution is 5.87. The maximum atomic E-state index is 11.1. The second kappa shape index (κ2) is 5.14. The summed E-state index contributed by atoms with van der Waals surface area (Å²) < 4.78 is 0. The van der Waals surface area contributed by atoms with Gasteiger partial charge in [0.2, 0.25) is 5.91 Å². The maximum absolute atomic E-state index is 11.1. The van der Waals surface area contributed by atoms with Gasteiger partial charge in [-0.05, 0) is 5.56 Å². The third-order valence-corrected chi connectivity index (χ3v) is 1.77. The molecule has 73 valence electrons. The van der Waals surface area contributed by atoms with Crippen LogP contribution in [0.5, 0.6) is 0 Å². The topological polar surface area (TPSA) is 63.4 Å². The number of rotatable bonds is 4. The number of imide groups is 1. The van der Waals surface area contributed by atoms with Crippen molar-refractivity contribution in [2.45, 2.75) is 6.54 Å². The summed E-state index contributed by atoms with van der Waals surface area (Å²) in [5.74, 6) is -0.427. The van der Waals surface area contributed by atoms with Crippen LogP contribution in [0, 0.1) is 0 Å². The Kier molecular flexibility index (Phi) is 3.82. The van der Waals surface area contributed by atoms with E-state index in [0.29, 0.717) is 0 Å². The van der Waals surface area contributed by atoms with E-state index in [4.69, 9.17) is 5.73 Å². The van der Waals surface area contributed by atoms with Crippen LogP contribution in [0.2, 0.25) is 0 Å². The third-order valence-electron chi connectivity index (χ3n) is 1.77. The molecular weight excluding hydrogens is 180 g/mol. The summed E-state index contributed by atoms with van der Waals surface area (Å²) in [4.78, 5) is 22.5. The Bertz CT molecular complexity index is 311. The molecule has 0 aliphatic rings. The molecule has 0 aliphatic heterocycles. The molecule has 0 aromatic heterocycles. The highest BCUT2D eigenvalue weighted by Gasteiger charge is 2.11. The number of carbonyl (C=O) groups excluding carboxylic acids is 2. The fraction of sp³-hybridized carbons (Fsp3) is 0.200. The number of hydrogen-bond donors (Lipinski definition) is 1. The van der Waals surface area contributed by atoms with Crippen LogP contribution < -0.4 is 5.73 Å². The van der Waals surface area contributed by atoms with Crippen molar-refractivity contribution < 1.29 is 9.59 Å². The summed E-state index contributed by atoms with van der Waals surface area (Å²) in [7, 11) is 0. The van der Waals surface area contributed by atoms with Gasteiger partial charge in [0, 0.05) is 0 Å². The number of amides is 2. The molecule has 4 heteroatoms. The number of nitrogens with two attached hydrogens (primary N) is 1. The lowest BCUT2D eigenvalue weighted by atomic mass is 10.2. The molecule has 0 saturated heterocycles. The lowest BCUT2D eigenvalue weighted by Crippen LogP contribution is -2.34. The zero-order valence-electron chi connectivity index (χ0n) is 7.64. The summed E-state index contributed by atoms with van der Waals surface area (Å²) in [5.41, 5.74) is 6.00. The highest BCUT2D eigenvalue weighted by atomic mass is 16.2. The lowest BCUT2D eigenvalue weighted by Gasteiger charge is -2.12. The zero-order valence-corrected chi connectivity index (χ0v) is 7.64. The van der Waals surface area contributed by atoms with E-state index < -0.39 is 5.91 Å². The van der Waals surface area contributed by atoms with E-state index in [1.807, 2.05) is 30.3 Å². The summed E-state index contributed by atoms with van der Waals surface area (Å²) in [6, 6.07) is 9.20. The molecule has 0 aliphatic carbocycles. The van der Waals surface area contributed by atoms with E-state index in [9.17, 15) is 9.59 Å². The summed E-state index contributed by atoms with van der Waals surface area (Å²) >= 11 is 0. The van der Waals surface area contributed by atoms with Crippen molar-refractivity contribution in [2.75, 3.05) is 6.54 Å². The van der Waals surface area contributed by atoms with E-state index in [2.05, 4.69) is 0 Å². The molecule has 0 spiro atoms. The van der Waals surface area contributed by atoms with Crippen LogP contribution in [0.4, 0.5) is 0 Å². The molecule has 14 heavy (non-hydrogen) atoms. The molecule has 0 fully saturated rings. The van der Waals surface area contributed by atoms with Gasteiger partial charge in [-0.1, -0.05) is 30.3 Å². The van der Waals surface area contributed by atoms with Crippen LogP contribution in [0.25, 0.3) is 0 Å². The number of carbonyl (C=O) groups is 1. The quantitative estimate of drug-likeness (QED) is 0.683. The molecule has 0 heterocycles. The maximum Gasteiger partial charge on any atom is 0.319 e. The summed E-state index contributed by atoms with van der Waals surface area (Å²) in [6.07, 6.45) is 1.56. The van der Waals surface area contributed by atoms with Crippen molar-refractivity contribution in [2.24, 2.45) is 5.73 Å². The van der Waals surface area contributed by atoms with Gasteiger partial charge in [-0.15, -0.1) is 0 Å². The molecule has 2 N–H and O–H groups in total. The van der Waals surface area contributed by atoms with Crippen LogP contribution in [0.1, 0.15) is 5.56 Å². The largest absolute Gasteiger partial charge is 0.322 e. The van der Waals surface area contributed by atoms with Crippen LogP contribution in [0.15, 0.2) is 30.3 Å². The lowest BCUT2D eigenvalue weighted by molar-refractivity contribution is -0.126. The van der Waals surface area contributed by atoms with E-state index in [0.717, 1.165) is 10.5 Å². The van der Waals surface area contributed by atoms with Crippen LogP contribution in [0.3, 0.4) is 0 Å². The molecule has 2 amide bonds. The van der Waals surface area contributed by atoms with Gasteiger partial charge in [0.1, 0.15) is 0 Å². The van der Waals surface area contributed by atoms with Gasteiger partial charge in [-0.25, -0.2) is 0 Å². The van der Waals surface area contributed by atoms with Crippen molar-refractivity contribution in [1.82, 2.24) is 4.90 Å². The van der Waals surface area contributed by atoms with Gasteiger partial charge in [-0.2, -0.15) is 0 Å². The van der Waals surface area contributed by atoms with Crippen molar-refractivity contribution in [3.05, 3.63) is 35.9 Å². The first kappa shape index (κ1) is 10.4. The Labute approximate surface area is 82.3 Å². The van der Waals surface area contributed by atoms with E-state index in [-0.39, 0.29) is 13.1 Å². The normalized spacial score (nSPS) is 9.50. The summed E-state index contributed by atoms with van der Waals surface area (Å²) in [6.45, 7) is 0.0441. The minimum atomic E-state index is -0.427. The smallest absolute Gasteiger partial charge is 0.319 e. The van der Waals surface area contributed by atoms with Crippen LogP contribution in [-0.4, -0.2) is 23.8 Å². The van der Waals surface area contributed by atoms with Gasteiger partial charge in [-0.3, -0.25) is 14.5 Å². The van der Waals surface area contributed by atoms with E-state index in [1.54, 1.807) is 6.41 Å². The molecule has 0 atom stereocenters. The average Bonchev–Trinajstić information content (AvgIpc) is 2.26. The van der Waals surface area contributed by atoms with Crippen molar-refractivity contribution in [1.29, 1.82) is 0 Å². The van der Waals surface area contributed by atoms with Gasteiger partial charge in [0.25, 0.3) is 0 Å². The molecular formula is C10H11N2O2. The predicted molar refractivity (Wildman–Crippen MR) is 51.7 cm³/mol. The molecule has 1 aromatic carbocycles. The fourth-order valence-corrected chi connectivity index (χ4v) is 1.05. The second-order valence-corrected chi connectivity index (χ2v) is 2.76. The van der Waals surface area contributed by atoms with E-state index >= 15 is 0 Å². The Morgan fingerprint density at radius 1 is 1.36 bits per heavy atom. The Morgan fingerprint density at radius 3 is 2.50 bits per heavy atom. The van der Waals surface area contributed by atoms with Crippen LogP contribution >= 0.6 is 0 Å². The Balaban J connectivity index is 2.66. The minimum absolute atomic E-state index is 0.178. The first-order valence-electron chi connectivity index (χ1n) is 4.20. The summed E-state index contributed by atoms with van der Waals surface area (Å²) in [5, 5.41) is 0. The molecule has 1 radical (unpaired) electrons. The number of hydrogen-bond acceptors (Lipinski definition) is 3. The second-order valence-electron chi connectivity index (χ2n) is 2.76. The fourth-order valence-electron chi connectivity index (χ4n) is 1.05. The monoisotopic (exact) mass is 191 g/mol. The van der Waals surface area contributed by atoms with Gasteiger partial charge >= 0.3 is 6.41 Å². The molecule has 0 unspecified atom stereocenters. The number of nitrogens with zero attached hydrogens (tertiary/aromatic N) is 1. The molecule has 4 nitrogen and oxygen atoms in total. The molecule has 0 bridgehead atoms. The van der Waals surface area contributed by atoms with Crippen LogP contribution in [-0.2, 0) is 16.1 Å². The Morgan fingerprint density at radius 2 is 2.00 bits per heavy atom.